The molecule has 0 radical (unpaired) electrons. The zero-order valence-corrected chi connectivity index (χ0v) is 19.6. The van der Waals surface area contributed by atoms with E-state index in [1.165, 1.54) is 4.90 Å². The highest BCUT2D eigenvalue weighted by atomic mass is 16.5. The van der Waals surface area contributed by atoms with Gasteiger partial charge in [0.05, 0.1) is 20.8 Å². The summed E-state index contributed by atoms with van der Waals surface area (Å²) in [6.45, 7) is 2.35. The molecule has 11 nitrogen and oxygen atoms in total. The minimum Gasteiger partial charge on any atom is -0.497 e. The lowest BCUT2D eigenvalue weighted by atomic mass is 10.2. The Morgan fingerprint density at radius 1 is 0.914 bits per heavy atom. The Morgan fingerprint density at radius 2 is 1.63 bits per heavy atom. The molecule has 2 amide bonds. The number of piperazine rings is 1. The van der Waals surface area contributed by atoms with E-state index in [9.17, 15) is 14.4 Å². The first-order valence-electron chi connectivity index (χ1n) is 11.3. The van der Waals surface area contributed by atoms with E-state index in [2.05, 4.69) is 10.00 Å². The number of ether oxygens (including phenoxy) is 2. The van der Waals surface area contributed by atoms with Crippen LogP contribution in [-0.2, 0) is 17.9 Å². The lowest BCUT2D eigenvalue weighted by Gasteiger charge is -2.36. The summed E-state index contributed by atoms with van der Waals surface area (Å²) in [5.41, 5.74) is 1.07. The Kier molecular flexibility index (Phi) is 5.89. The quantitative estimate of drug-likeness (QED) is 0.528. The monoisotopic (exact) mass is 478 g/mol. The van der Waals surface area contributed by atoms with Crippen LogP contribution in [0.1, 0.15) is 5.82 Å². The Balaban J connectivity index is 1.22. The second kappa shape index (κ2) is 9.16. The maximum Gasteiger partial charge on any atom is 0.354 e. The fraction of sp³-hybridized carbons (Fsp3) is 0.333. The van der Waals surface area contributed by atoms with Gasteiger partial charge in [0.1, 0.15) is 18.0 Å². The summed E-state index contributed by atoms with van der Waals surface area (Å²) < 4.78 is 12.5. The van der Waals surface area contributed by atoms with Gasteiger partial charge in [-0.3, -0.25) is 9.69 Å². The third-order valence-corrected chi connectivity index (χ3v) is 6.35. The van der Waals surface area contributed by atoms with E-state index in [0.29, 0.717) is 43.4 Å². The number of nitrogens with zero attached hydrogens (tertiary/aromatic N) is 6. The fourth-order valence-electron chi connectivity index (χ4n) is 4.39. The lowest BCUT2D eigenvalue weighted by molar-refractivity contribution is -0.132. The van der Waals surface area contributed by atoms with E-state index in [4.69, 9.17) is 9.47 Å². The highest BCUT2D eigenvalue weighted by Gasteiger charge is 2.34. The SMILES string of the molecule is COc1ccc(N2Cc3nn(CC(=O)N4CCN(c5cccc(OC)c5)CC4)c(=O)n3C2=O)cc1. The number of rotatable bonds is 6. The maximum absolute atomic E-state index is 12.9. The van der Waals surface area contributed by atoms with Gasteiger partial charge in [0.25, 0.3) is 0 Å². The summed E-state index contributed by atoms with van der Waals surface area (Å²) in [6.07, 6.45) is 0. The van der Waals surface area contributed by atoms with Gasteiger partial charge in [0.2, 0.25) is 5.91 Å². The Hall–Kier alpha value is -4.28. The molecule has 0 aliphatic carbocycles. The fourth-order valence-corrected chi connectivity index (χ4v) is 4.39. The molecule has 11 heteroatoms. The molecular formula is C24H26N6O5. The summed E-state index contributed by atoms with van der Waals surface area (Å²) in [6, 6.07) is 14.3. The second-order valence-corrected chi connectivity index (χ2v) is 8.33. The van der Waals surface area contributed by atoms with Crippen LogP contribution in [0, 0.1) is 0 Å². The van der Waals surface area contributed by atoms with Gasteiger partial charge in [0.15, 0.2) is 5.82 Å². The van der Waals surface area contributed by atoms with Crippen molar-refractivity contribution in [1.82, 2.24) is 19.2 Å². The van der Waals surface area contributed by atoms with Crippen molar-refractivity contribution in [2.45, 2.75) is 13.1 Å². The number of aromatic nitrogens is 3. The molecule has 2 aliphatic rings. The van der Waals surface area contributed by atoms with Crippen molar-refractivity contribution in [3.63, 3.8) is 0 Å². The summed E-state index contributed by atoms with van der Waals surface area (Å²) in [5, 5.41) is 4.27. The summed E-state index contributed by atoms with van der Waals surface area (Å²) >= 11 is 0. The van der Waals surface area contributed by atoms with Gasteiger partial charge in [-0.15, -0.1) is 0 Å². The molecule has 0 bridgehead atoms. The largest absolute Gasteiger partial charge is 0.497 e. The average Bonchev–Trinajstić information content (AvgIpc) is 3.39. The Bertz CT molecular complexity index is 1310. The smallest absolute Gasteiger partial charge is 0.354 e. The van der Waals surface area contributed by atoms with Crippen LogP contribution >= 0.6 is 0 Å². The predicted octanol–water partition coefficient (Wildman–Crippen LogP) is 1.40. The number of carbonyl (C=O) groups is 2. The first-order chi connectivity index (χ1) is 17.0. The van der Waals surface area contributed by atoms with Crippen molar-refractivity contribution in [3.05, 3.63) is 64.8 Å². The summed E-state index contributed by atoms with van der Waals surface area (Å²) in [5.74, 6) is 1.57. The standard InChI is InChI=1S/C24H26N6O5/c1-34-19-8-6-17(7-9-19)28-15-21-25-29(24(33)30(21)23(28)32)16-22(31)27-12-10-26(11-13-27)18-4-3-5-20(14-18)35-2/h3-9,14H,10-13,15-16H2,1-2H3. The van der Waals surface area contributed by atoms with Crippen molar-refractivity contribution < 1.29 is 19.1 Å². The Morgan fingerprint density at radius 3 is 2.29 bits per heavy atom. The normalized spacial score (nSPS) is 15.4. The van der Waals surface area contributed by atoms with Crippen LogP contribution in [0.3, 0.4) is 0 Å². The van der Waals surface area contributed by atoms with Gasteiger partial charge in [-0.25, -0.2) is 14.3 Å². The molecule has 1 fully saturated rings. The van der Waals surface area contributed by atoms with E-state index in [1.54, 1.807) is 43.4 Å². The molecule has 0 unspecified atom stereocenters. The number of anilines is 2. The summed E-state index contributed by atoms with van der Waals surface area (Å²) in [4.78, 5) is 44.0. The number of hydrogen-bond acceptors (Lipinski definition) is 7. The number of hydrogen-bond donors (Lipinski definition) is 0. The van der Waals surface area contributed by atoms with Crippen molar-refractivity contribution in [1.29, 1.82) is 0 Å². The van der Waals surface area contributed by atoms with E-state index < -0.39 is 11.7 Å². The van der Waals surface area contributed by atoms with Crippen LogP contribution in [0.2, 0.25) is 0 Å². The Labute approximate surface area is 201 Å². The predicted molar refractivity (Wildman–Crippen MR) is 128 cm³/mol. The minimum absolute atomic E-state index is 0.154. The topological polar surface area (TPSA) is 102 Å². The van der Waals surface area contributed by atoms with Gasteiger partial charge in [0, 0.05) is 43.6 Å². The van der Waals surface area contributed by atoms with Gasteiger partial charge in [-0.2, -0.15) is 9.67 Å². The summed E-state index contributed by atoms with van der Waals surface area (Å²) in [7, 11) is 3.20. The highest BCUT2D eigenvalue weighted by Crippen LogP contribution is 2.25. The molecule has 2 aromatic carbocycles. The van der Waals surface area contributed by atoms with Gasteiger partial charge < -0.3 is 19.3 Å². The first-order valence-corrected chi connectivity index (χ1v) is 11.3. The second-order valence-electron chi connectivity index (χ2n) is 8.33. The van der Waals surface area contributed by atoms with Crippen LogP contribution in [0.25, 0.3) is 0 Å². The van der Waals surface area contributed by atoms with Gasteiger partial charge in [-0.05, 0) is 36.4 Å². The number of carbonyl (C=O) groups excluding carboxylic acids is 2. The molecule has 0 atom stereocenters. The van der Waals surface area contributed by atoms with Crippen molar-refractivity contribution >= 4 is 23.3 Å². The van der Waals surface area contributed by atoms with E-state index in [1.807, 2.05) is 24.3 Å². The molecule has 0 N–H and O–H groups in total. The molecular weight excluding hydrogens is 452 g/mol. The third-order valence-electron chi connectivity index (χ3n) is 6.35. The van der Waals surface area contributed by atoms with Crippen LogP contribution in [0.4, 0.5) is 16.2 Å². The van der Waals surface area contributed by atoms with E-state index in [0.717, 1.165) is 20.7 Å². The molecule has 1 aromatic heterocycles. The van der Waals surface area contributed by atoms with Crippen LogP contribution < -0.4 is 25.0 Å². The lowest BCUT2D eigenvalue weighted by Crippen LogP contribution is -2.50. The number of fused-ring (bicyclic) bond motifs is 1. The molecule has 182 valence electrons. The van der Waals surface area contributed by atoms with E-state index in [-0.39, 0.29) is 19.0 Å². The number of methoxy groups -OCH3 is 2. The van der Waals surface area contributed by atoms with E-state index >= 15 is 0 Å². The third kappa shape index (κ3) is 4.20. The zero-order valence-electron chi connectivity index (χ0n) is 19.6. The van der Waals surface area contributed by atoms with Crippen molar-refractivity contribution in [3.8, 4) is 11.5 Å². The maximum atomic E-state index is 12.9. The molecule has 35 heavy (non-hydrogen) atoms. The molecule has 2 aliphatic heterocycles. The first kappa shape index (κ1) is 22.5. The molecule has 0 saturated carbocycles. The van der Waals surface area contributed by atoms with Crippen LogP contribution in [-0.4, -0.2) is 71.6 Å². The van der Waals surface area contributed by atoms with Gasteiger partial charge in [-0.1, -0.05) is 6.07 Å². The average molecular weight is 479 g/mol. The zero-order chi connectivity index (χ0) is 24.5. The molecule has 0 spiro atoms. The molecule has 3 heterocycles. The molecule has 5 rings (SSSR count). The molecule has 3 aromatic rings. The van der Waals surface area contributed by atoms with Crippen molar-refractivity contribution in [2.24, 2.45) is 0 Å². The van der Waals surface area contributed by atoms with Gasteiger partial charge >= 0.3 is 11.7 Å². The van der Waals surface area contributed by atoms with Crippen molar-refractivity contribution in [2.75, 3.05) is 50.2 Å². The minimum atomic E-state index is -0.607. The van der Waals surface area contributed by atoms with Crippen LogP contribution in [0.15, 0.2) is 53.3 Å². The number of benzene rings is 2. The molecule has 1 saturated heterocycles. The van der Waals surface area contributed by atoms with Crippen LogP contribution in [0.5, 0.6) is 11.5 Å². The highest BCUT2D eigenvalue weighted by molar-refractivity contribution is 5.96. The number of amides is 2.